The van der Waals surface area contributed by atoms with Crippen LogP contribution in [0.4, 0.5) is 8.78 Å². The maximum atomic E-state index is 14.4. The molecule has 0 fully saturated rings. The molecule has 0 aliphatic carbocycles. The average molecular weight is 411 g/mol. The van der Waals surface area contributed by atoms with Crippen LogP contribution in [-0.2, 0) is 0 Å². The van der Waals surface area contributed by atoms with Crippen molar-refractivity contribution in [2.75, 3.05) is 6.61 Å². The molecule has 1 amide bonds. The maximum Gasteiger partial charge on any atom is 0.332 e. The number of H-pyrrole nitrogens is 1. The lowest BCUT2D eigenvalue weighted by molar-refractivity contribution is 0.0997. The fourth-order valence-corrected chi connectivity index (χ4v) is 3.07. The Kier molecular flexibility index (Phi) is 4.74. The Labute approximate surface area is 168 Å². The summed E-state index contributed by atoms with van der Waals surface area (Å²) >= 11 is 0. The summed E-state index contributed by atoms with van der Waals surface area (Å²) in [6, 6.07) is 9.84. The Morgan fingerprint density at radius 3 is 2.40 bits per heavy atom. The number of primary amides is 1. The molecule has 2 aromatic carbocycles. The summed E-state index contributed by atoms with van der Waals surface area (Å²) in [7, 11) is 0. The van der Waals surface area contributed by atoms with E-state index in [1.54, 1.807) is 24.3 Å². The molecule has 0 bridgehead atoms. The lowest BCUT2D eigenvalue weighted by Crippen LogP contribution is -2.17. The number of fused-ring (bicyclic) bond motifs is 1. The molecule has 152 valence electrons. The number of halogens is 2. The van der Waals surface area contributed by atoms with Gasteiger partial charge in [-0.2, -0.15) is 0 Å². The number of amides is 1. The zero-order valence-corrected chi connectivity index (χ0v) is 15.6. The first kappa shape index (κ1) is 19.2. The van der Waals surface area contributed by atoms with E-state index < -0.39 is 28.9 Å². The van der Waals surface area contributed by atoms with Gasteiger partial charge in [0, 0.05) is 5.56 Å². The van der Waals surface area contributed by atoms with E-state index in [9.17, 15) is 18.4 Å². The molecule has 30 heavy (non-hydrogen) atoms. The van der Waals surface area contributed by atoms with E-state index in [2.05, 4.69) is 15.0 Å². The molecule has 10 heteroatoms. The van der Waals surface area contributed by atoms with E-state index >= 15 is 0 Å². The van der Waals surface area contributed by atoms with Crippen LogP contribution in [0, 0.1) is 11.6 Å². The van der Waals surface area contributed by atoms with Crippen LogP contribution in [0.15, 0.2) is 47.3 Å². The second-order valence-corrected chi connectivity index (χ2v) is 6.25. The van der Waals surface area contributed by atoms with E-state index in [1.165, 1.54) is 6.07 Å². The smallest absolute Gasteiger partial charge is 0.332 e. The number of aromatic amines is 1. The Morgan fingerprint density at radius 1 is 1.13 bits per heavy atom. The van der Waals surface area contributed by atoms with E-state index in [1.807, 2.05) is 6.92 Å². The van der Waals surface area contributed by atoms with Gasteiger partial charge in [-0.3, -0.25) is 4.79 Å². The minimum Gasteiger partial charge on any atom is -0.494 e. The predicted octanol–water partition coefficient (Wildman–Crippen LogP) is 2.55. The topological polar surface area (TPSA) is 116 Å². The van der Waals surface area contributed by atoms with Crippen LogP contribution >= 0.6 is 0 Å². The van der Waals surface area contributed by atoms with Crippen molar-refractivity contribution < 1.29 is 18.3 Å². The monoisotopic (exact) mass is 411 g/mol. The summed E-state index contributed by atoms with van der Waals surface area (Å²) in [5.74, 6) is -2.22. The molecule has 0 unspecified atom stereocenters. The third-order valence-electron chi connectivity index (χ3n) is 4.35. The van der Waals surface area contributed by atoms with Gasteiger partial charge in [0.2, 0.25) is 0 Å². The van der Waals surface area contributed by atoms with Crippen molar-refractivity contribution in [3.63, 3.8) is 0 Å². The van der Waals surface area contributed by atoms with E-state index in [4.69, 9.17) is 10.5 Å². The number of nitrogens with one attached hydrogen (secondary N) is 1. The fraction of sp³-hybridized carbons (Fsp3) is 0.100. The number of hydrogen-bond donors (Lipinski definition) is 2. The summed E-state index contributed by atoms with van der Waals surface area (Å²) in [4.78, 5) is 35.3. The highest BCUT2D eigenvalue weighted by Gasteiger charge is 2.23. The lowest BCUT2D eigenvalue weighted by Gasteiger charge is -2.08. The number of ether oxygens (including phenoxy) is 1. The SMILES string of the molecule is CCOc1ccc(-c2nc(C(N)=O)c3[nH]c(=O)n(-c4c(F)cccc4F)c3n2)cc1. The fourth-order valence-electron chi connectivity index (χ4n) is 3.07. The molecular formula is C20H15F2N5O3. The number of nitrogens with zero attached hydrogens (tertiary/aromatic N) is 3. The molecule has 0 saturated heterocycles. The van der Waals surface area contributed by atoms with Gasteiger partial charge in [0.15, 0.2) is 17.2 Å². The van der Waals surface area contributed by atoms with Crippen molar-refractivity contribution in [2.24, 2.45) is 5.73 Å². The molecule has 0 atom stereocenters. The molecule has 0 aliphatic rings. The Hall–Kier alpha value is -4.08. The number of carbonyl (C=O) groups excluding carboxylic acids is 1. The number of hydrogen-bond acceptors (Lipinski definition) is 5. The van der Waals surface area contributed by atoms with Gasteiger partial charge in [0.05, 0.1) is 6.61 Å². The third kappa shape index (κ3) is 3.17. The number of carbonyl (C=O) groups is 1. The number of benzene rings is 2. The van der Waals surface area contributed by atoms with Crippen LogP contribution in [0.2, 0.25) is 0 Å². The second kappa shape index (κ2) is 7.39. The van der Waals surface area contributed by atoms with Crippen molar-refractivity contribution in [1.82, 2.24) is 19.5 Å². The predicted molar refractivity (Wildman–Crippen MR) is 105 cm³/mol. The van der Waals surface area contributed by atoms with Gasteiger partial charge < -0.3 is 15.5 Å². The quantitative estimate of drug-likeness (QED) is 0.524. The van der Waals surface area contributed by atoms with Crippen LogP contribution in [0.5, 0.6) is 5.75 Å². The minimum atomic E-state index is -0.972. The van der Waals surface area contributed by atoms with Crippen LogP contribution in [0.25, 0.3) is 28.2 Å². The zero-order chi connectivity index (χ0) is 21.4. The standard InChI is InChI=1S/C20H15F2N5O3/c1-2-30-11-8-6-10(7-9-11)18-24-14(17(23)28)15-19(26-18)27(20(29)25-15)16-12(21)4-3-5-13(16)22/h3-9H,2H2,1H3,(H2,23,28)(H,25,29). The van der Waals surface area contributed by atoms with Crippen molar-refractivity contribution >= 4 is 17.1 Å². The first-order valence-corrected chi connectivity index (χ1v) is 8.91. The number of aromatic nitrogens is 4. The van der Waals surface area contributed by atoms with Crippen LogP contribution in [0.1, 0.15) is 17.4 Å². The summed E-state index contributed by atoms with van der Waals surface area (Å²) < 4.78 is 34.8. The lowest BCUT2D eigenvalue weighted by atomic mass is 10.2. The molecule has 0 radical (unpaired) electrons. The summed E-state index contributed by atoms with van der Waals surface area (Å²) in [6.07, 6.45) is 0. The molecule has 0 saturated carbocycles. The molecule has 2 heterocycles. The molecule has 4 rings (SSSR count). The van der Waals surface area contributed by atoms with E-state index in [0.717, 1.165) is 12.1 Å². The maximum absolute atomic E-state index is 14.4. The molecular weight excluding hydrogens is 396 g/mol. The molecule has 0 spiro atoms. The minimum absolute atomic E-state index is 0.0452. The number of nitrogens with two attached hydrogens (primary N) is 1. The normalized spacial score (nSPS) is 11.0. The molecule has 8 nitrogen and oxygen atoms in total. The molecule has 4 aromatic rings. The highest BCUT2D eigenvalue weighted by Crippen LogP contribution is 2.25. The highest BCUT2D eigenvalue weighted by molar-refractivity contribution is 6.02. The van der Waals surface area contributed by atoms with Crippen molar-refractivity contribution in [3.8, 4) is 22.8 Å². The summed E-state index contributed by atoms with van der Waals surface area (Å²) in [5.41, 5.74) is 3.80. The highest BCUT2D eigenvalue weighted by atomic mass is 19.1. The molecule has 3 N–H and O–H groups in total. The summed E-state index contributed by atoms with van der Waals surface area (Å²) in [5, 5.41) is 0. The van der Waals surface area contributed by atoms with Crippen LogP contribution in [-0.4, -0.2) is 32.0 Å². The molecule has 0 aliphatic heterocycles. The zero-order valence-electron chi connectivity index (χ0n) is 15.6. The Bertz CT molecular complexity index is 1310. The van der Waals surface area contributed by atoms with Gasteiger partial charge in [0.25, 0.3) is 5.91 Å². The second-order valence-electron chi connectivity index (χ2n) is 6.25. The number of rotatable bonds is 5. The first-order valence-electron chi connectivity index (χ1n) is 8.91. The van der Waals surface area contributed by atoms with Crippen LogP contribution in [0.3, 0.4) is 0 Å². The van der Waals surface area contributed by atoms with Gasteiger partial charge in [-0.15, -0.1) is 0 Å². The van der Waals surface area contributed by atoms with Crippen molar-refractivity contribution in [1.29, 1.82) is 0 Å². The Balaban J connectivity index is 2.01. The Morgan fingerprint density at radius 2 is 1.80 bits per heavy atom. The van der Waals surface area contributed by atoms with Gasteiger partial charge >= 0.3 is 5.69 Å². The van der Waals surface area contributed by atoms with Gasteiger partial charge in [0.1, 0.15) is 28.6 Å². The number of imidazole rings is 1. The molecule has 2 aromatic heterocycles. The third-order valence-corrected chi connectivity index (χ3v) is 4.35. The summed E-state index contributed by atoms with van der Waals surface area (Å²) in [6.45, 7) is 2.33. The van der Waals surface area contributed by atoms with E-state index in [0.29, 0.717) is 22.5 Å². The van der Waals surface area contributed by atoms with E-state index in [-0.39, 0.29) is 22.7 Å². The average Bonchev–Trinajstić information content (AvgIpc) is 3.04. The number of para-hydroxylation sites is 1. The largest absolute Gasteiger partial charge is 0.494 e. The van der Waals surface area contributed by atoms with Gasteiger partial charge in [-0.25, -0.2) is 28.1 Å². The van der Waals surface area contributed by atoms with Crippen LogP contribution < -0.4 is 16.2 Å². The van der Waals surface area contributed by atoms with Gasteiger partial charge in [-0.1, -0.05) is 6.07 Å². The van der Waals surface area contributed by atoms with Crippen molar-refractivity contribution in [3.05, 3.63) is 70.3 Å². The van der Waals surface area contributed by atoms with Gasteiger partial charge in [-0.05, 0) is 43.3 Å². The first-order chi connectivity index (χ1) is 14.4. The van der Waals surface area contributed by atoms with Crippen molar-refractivity contribution in [2.45, 2.75) is 6.92 Å².